The molecule has 142 valence electrons. The second-order valence-electron chi connectivity index (χ2n) is 7.95. The summed E-state index contributed by atoms with van der Waals surface area (Å²) in [5.74, 6) is 0.284. The molecule has 0 saturated carbocycles. The van der Waals surface area contributed by atoms with Gasteiger partial charge >= 0.3 is 0 Å². The highest BCUT2D eigenvalue weighted by molar-refractivity contribution is 5.89. The molecule has 0 bridgehead atoms. The standard InChI is InChI=1S/C29H20O/c30-24-17-15-22(16-18-24)29(23-14-13-20-7-1-2-8-21(20)19-23)27-11-5-3-9-25(27)26-10-4-6-12-28(26)29/h1-19,30H. The molecule has 5 aromatic carbocycles. The molecule has 0 amide bonds. The van der Waals surface area contributed by atoms with E-state index in [-0.39, 0.29) is 5.75 Å². The van der Waals surface area contributed by atoms with Crippen molar-refractivity contribution in [3.05, 3.63) is 138 Å². The summed E-state index contributed by atoms with van der Waals surface area (Å²) in [6.07, 6.45) is 0. The zero-order valence-corrected chi connectivity index (χ0v) is 16.4. The Bertz CT molecular complexity index is 1350. The van der Waals surface area contributed by atoms with E-state index in [4.69, 9.17) is 0 Å². The van der Waals surface area contributed by atoms with Gasteiger partial charge in [-0.1, -0.05) is 97.1 Å². The van der Waals surface area contributed by atoms with Crippen LogP contribution in [0.4, 0.5) is 0 Å². The fraction of sp³-hybridized carbons (Fsp3) is 0.0345. The van der Waals surface area contributed by atoms with Crippen molar-refractivity contribution in [1.29, 1.82) is 0 Å². The van der Waals surface area contributed by atoms with Crippen LogP contribution in [-0.2, 0) is 5.41 Å². The van der Waals surface area contributed by atoms with Gasteiger partial charge in [0.2, 0.25) is 0 Å². The van der Waals surface area contributed by atoms with Gasteiger partial charge in [0.15, 0.2) is 0 Å². The van der Waals surface area contributed by atoms with Crippen LogP contribution in [-0.4, -0.2) is 5.11 Å². The SMILES string of the molecule is Oc1ccc(C2(c3ccc4ccccc4c3)c3ccccc3-c3ccccc32)cc1. The van der Waals surface area contributed by atoms with E-state index in [1.807, 2.05) is 0 Å². The molecule has 1 nitrogen and oxygen atoms in total. The third kappa shape index (κ3) is 2.23. The first kappa shape index (κ1) is 17.1. The van der Waals surface area contributed by atoms with Crippen LogP contribution in [0.15, 0.2) is 115 Å². The van der Waals surface area contributed by atoms with Gasteiger partial charge in [0.05, 0.1) is 5.41 Å². The van der Waals surface area contributed by atoms with Gasteiger partial charge in [-0.15, -0.1) is 0 Å². The van der Waals surface area contributed by atoms with E-state index in [1.165, 1.54) is 38.6 Å². The van der Waals surface area contributed by atoms with Crippen molar-refractivity contribution in [3.8, 4) is 16.9 Å². The number of fused-ring (bicyclic) bond motifs is 4. The van der Waals surface area contributed by atoms with Gasteiger partial charge in [0.25, 0.3) is 0 Å². The Morgan fingerprint density at radius 3 is 1.67 bits per heavy atom. The minimum Gasteiger partial charge on any atom is -0.508 e. The van der Waals surface area contributed by atoms with Crippen LogP contribution >= 0.6 is 0 Å². The fourth-order valence-corrected chi connectivity index (χ4v) is 5.16. The first-order valence-electron chi connectivity index (χ1n) is 10.3. The van der Waals surface area contributed by atoms with Crippen LogP contribution in [0.1, 0.15) is 22.3 Å². The molecule has 1 heteroatoms. The fourth-order valence-electron chi connectivity index (χ4n) is 5.16. The Kier molecular flexibility index (Phi) is 3.60. The van der Waals surface area contributed by atoms with Crippen molar-refractivity contribution >= 4 is 10.8 Å². The van der Waals surface area contributed by atoms with Crippen LogP contribution < -0.4 is 0 Å². The van der Waals surface area contributed by atoms with E-state index in [9.17, 15) is 5.11 Å². The summed E-state index contributed by atoms with van der Waals surface area (Å²) < 4.78 is 0. The monoisotopic (exact) mass is 384 g/mol. The molecule has 1 N–H and O–H groups in total. The summed E-state index contributed by atoms with van der Waals surface area (Å²) in [5, 5.41) is 12.5. The molecule has 0 aliphatic heterocycles. The lowest BCUT2D eigenvalue weighted by Crippen LogP contribution is -2.28. The Hall–Kier alpha value is -3.84. The molecule has 0 atom stereocenters. The third-order valence-electron chi connectivity index (χ3n) is 6.44. The van der Waals surface area contributed by atoms with Crippen molar-refractivity contribution in [2.45, 2.75) is 5.41 Å². The molecule has 0 spiro atoms. The molecule has 6 rings (SSSR count). The minimum absolute atomic E-state index is 0.284. The average molecular weight is 384 g/mol. The largest absolute Gasteiger partial charge is 0.508 e. The van der Waals surface area contributed by atoms with E-state index in [0.29, 0.717) is 0 Å². The van der Waals surface area contributed by atoms with Crippen LogP contribution in [0.3, 0.4) is 0 Å². The van der Waals surface area contributed by atoms with Gasteiger partial charge in [-0.3, -0.25) is 0 Å². The molecule has 0 aromatic heterocycles. The predicted octanol–water partition coefficient (Wildman–Crippen LogP) is 6.91. The highest BCUT2D eigenvalue weighted by Gasteiger charge is 2.45. The van der Waals surface area contributed by atoms with E-state index < -0.39 is 5.41 Å². The molecular formula is C29H20O. The summed E-state index contributed by atoms with van der Waals surface area (Å²) in [5.41, 5.74) is 7.09. The molecule has 1 aliphatic carbocycles. The van der Waals surface area contributed by atoms with Gasteiger partial charge in [-0.05, 0) is 62.4 Å². The maximum absolute atomic E-state index is 9.99. The van der Waals surface area contributed by atoms with Crippen LogP contribution in [0, 0.1) is 0 Å². The molecule has 0 fully saturated rings. The van der Waals surface area contributed by atoms with E-state index in [0.717, 1.165) is 5.56 Å². The van der Waals surface area contributed by atoms with E-state index >= 15 is 0 Å². The van der Waals surface area contributed by atoms with Gasteiger partial charge in [0, 0.05) is 0 Å². The zero-order valence-electron chi connectivity index (χ0n) is 16.4. The number of phenols is 1. The zero-order chi connectivity index (χ0) is 20.1. The first-order valence-corrected chi connectivity index (χ1v) is 10.3. The summed E-state index contributed by atoms with van der Waals surface area (Å²) in [6.45, 7) is 0. The van der Waals surface area contributed by atoms with E-state index in [2.05, 4.69) is 103 Å². The molecular weight excluding hydrogens is 364 g/mol. The Morgan fingerprint density at radius 1 is 0.467 bits per heavy atom. The number of phenolic OH excluding ortho intramolecular Hbond substituents is 1. The molecule has 0 radical (unpaired) electrons. The summed E-state index contributed by atoms with van der Waals surface area (Å²) in [7, 11) is 0. The lowest BCUT2D eigenvalue weighted by Gasteiger charge is -2.34. The Morgan fingerprint density at radius 2 is 1.00 bits per heavy atom. The van der Waals surface area contributed by atoms with Crippen LogP contribution in [0.25, 0.3) is 21.9 Å². The summed E-state index contributed by atoms with van der Waals surface area (Å²) >= 11 is 0. The molecule has 0 unspecified atom stereocenters. The molecule has 5 aromatic rings. The van der Waals surface area contributed by atoms with Crippen LogP contribution in [0.5, 0.6) is 5.75 Å². The van der Waals surface area contributed by atoms with Crippen molar-refractivity contribution in [1.82, 2.24) is 0 Å². The van der Waals surface area contributed by atoms with Gasteiger partial charge in [-0.2, -0.15) is 0 Å². The molecule has 30 heavy (non-hydrogen) atoms. The number of hydrogen-bond acceptors (Lipinski definition) is 1. The third-order valence-corrected chi connectivity index (χ3v) is 6.44. The Balaban J connectivity index is 1.78. The van der Waals surface area contributed by atoms with Crippen molar-refractivity contribution in [2.24, 2.45) is 0 Å². The maximum Gasteiger partial charge on any atom is 0.115 e. The topological polar surface area (TPSA) is 20.2 Å². The molecule has 0 heterocycles. The molecule has 0 saturated heterocycles. The highest BCUT2D eigenvalue weighted by Crippen LogP contribution is 2.56. The number of rotatable bonds is 2. The number of benzene rings is 5. The van der Waals surface area contributed by atoms with Crippen molar-refractivity contribution in [3.63, 3.8) is 0 Å². The number of hydrogen-bond donors (Lipinski definition) is 1. The second-order valence-corrected chi connectivity index (χ2v) is 7.95. The summed E-state index contributed by atoms with van der Waals surface area (Å²) in [6, 6.07) is 40.4. The smallest absolute Gasteiger partial charge is 0.115 e. The lowest BCUT2D eigenvalue weighted by molar-refractivity contribution is 0.475. The molecule has 1 aliphatic rings. The Labute approximate surface area is 175 Å². The highest BCUT2D eigenvalue weighted by atomic mass is 16.3. The van der Waals surface area contributed by atoms with Gasteiger partial charge < -0.3 is 5.11 Å². The van der Waals surface area contributed by atoms with Gasteiger partial charge in [-0.25, -0.2) is 0 Å². The maximum atomic E-state index is 9.99. The van der Waals surface area contributed by atoms with Crippen molar-refractivity contribution < 1.29 is 5.11 Å². The summed E-state index contributed by atoms with van der Waals surface area (Å²) in [4.78, 5) is 0. The quantitative estimate of drug-likeness (QED) is 0.344. The first-order chi connectivity index (χ1) is 14.8. The lowest BCUT2D eigenvalue weighted by atomic mass is 9.67. The predicted molar refractivity (Wildman–Crippen MR) is 123 cm³/mol. The average Bonchev–Trinajstić information content (AvgIpc) is 3.11. The van der Waals surface area contributed by atoms with Gasteiger partial charge in [0.1, 0.15) is 5.75 Å². The van der Waals surface area contributed by atoms with Crippen molar-refractivity contribution in [2.75, 3.05) is 0 Å². The normalized spacial score (nSPS) is 13.7. The number of aromatic hydroxyl groups is 1. The minimum atomic E-state index is -0.426. The van der Waals surface area contributed by atoms with Crippen LogP contribution in [0.2, 0.25) is 0 Å². The second kappa shape index (κ2) is 6.33. The van der Waals surface area contributed by atoms with E-state index in [1.54, 1.807) is 12.1 Å².